The summed E-state index contributed by atoms with van der Waals surface area (Å²) in [5, 5.41) is 9.10. The summed E-state index contributed by atoms with van der Waals surface area (Å²) >= 11 is 0. The molecule has 0 radical (unpaired) electrons. The summed E-state index contributed by atoms with van der Waals surface area (Å²) in [7, 11) is 0. The molecule has 0 saturated carbocycles. The number of hydrogen-bond acceptors (Lipinski definition) is 2. The molecule has 0 aliphatic rings. The molecule has 0 aromatic heterocycles. The third-order valence-electron chi connectivity index (χ3n) is 5.33. The molecular weight excluding hydrogens is 348 g/mol. The minimum atomic E-state index is -0.786. The molecule has 0 aliphatic heterocycles. The van der Waals surface area contributed by atoms with E-state index in [1.54, 1.807) is 0 Å². The van der Waals surface area contributed by atoms with Gasteiger partial charge in [0.1, 0.15) is 11.9 Å². The highest BCUT2D eigenvalue weighted by Crippen LogP contribution is 2.18. The summed E-state index contributed by atoms with van der Waals surface area (Å²) in [4.78, 5) is 11.1. The molecule has 1 N–H and O–H groups in total. The van der Waals surface area contributed by atoms with Gasteiger partial charge >= 0.3 is 5.97 Å². The monoisotopic (exact) mass is 390 g/mol. The van der Waals surface area contributed by atoms with Crippen LogP contribution in [0.3, 0.4) is 0 Å². The first kappa shape index (κ1) is 24.5. The van der Waals surface area contributed by atoms with E-state index in [0.29, 0.717) is 0 Å². The van der Waals surface area contributed by atoms with Crippen molar-refractivity contribution in [2.75, 3.05) is 0 Å². The molecule has 160 valence electrons. The third-order valence-corrected chi connectivity index (χ3v) is 5.33. The van der Waals surface area contributed by atoms with E-state index in [4.69, 9.17) is 9.84 Å². The zero-order chi connectivity index (χ0) is 20.3. The molecule has 0 aliphatic carbocycles. The van der Waals surface area contributed by atoms with Crippen LogP contribution in [-0.2, 0) is 4.79 Å². The second-order valence-corrected chi connectivity index (χ2v) is 8.04. The Morgan fingerprint density at radius 2 is 1.25 bits per heavy atom. The highest BCUT2D eigenvalue weighted by Gasteiger charge is 2.14. The molecule has 0 spiro atoms. The molecular formula is C25H42O3. The van der Waals surface area contributed by atoms with Crippen molar-refractivity contribution in [2.45, 2.75) is 116 Å². The van der Waals surface area contributed by atoms with Crippen molar-refractivity contribution in [1.82, 2.24) is 0 Å². The highest BCUT2D eigenvalue weighted by molar-refractivity contribution is 5.67. The molecule has 1 rings (SSSR count). The lowest BCUT2D eigenvalue weighted by Crippen LogP contribution is -2.20. The van der Waals surface area contributed by atoms with Gasteiger partial charge < -0.3 is 9.84 Å². The maximum Gasteiger partial charge on any atom is 0.307 e. The number of para-hydroxylation sites is 1. The fraction of sp³-hybridized carbons (Fsp3) is 0.720. The molecule has 0 bridgehead atoms. The van der Waals surface area contributed by atoms with Crippen LogP contribution in [0.1, 0.15) is 110 Å². The molecule has 0 saturated heterocycles. The van der Waals surface area contributed by atoms with Crippen LogP contribution in [0.25, 0.3) is 0 Å². The zero-order valence-electron chi connectivity index (χ0n) is 18.0. The van der Waals surface area contributed by atoms with Gasteiger partial charge in [-0.15, -0.1) is 0 Å². The number of carboxylic acid groups (broad SMARTS) is 1. The van der Waals surface area contributed by atoms with Crippen LogP contribution in [0.2, 0.25) is 0 Å². The van der Waals surface area contributed by atoms with Crippen molar-refractivity contribution in [3.8, 4) is 5.75 Å². The Morgan fingerprint density at radius 1 is 0.786 bits per heavy atom. The van der Waals surface area contributed by atoms with Crippen molar-refractivity contribution in [1.29, 1.82) is 0 Å². The highest BCUT2D eigenvalue weighted by atomic mass is 16.5. The molecule has 3 heteroatoms. The van der Waals surface area contributed by atoms with Gasteiger partial charge in [0.25, 0.3) is 0 Å². The van der Waals surface area contributed by atoms with E-state index >= 15 is 0 Å². The van der Waals surface area contributed by atoms with Gasteiger partial charge in [-0.25, -0.2) is 0 Å². The van der Waals surface area contributed by atoms with E-state index in [1.165, 1.54) is 83.5 Å². The van der Waals surface area contributed by atoms with Crippen molar-refractivity contribution in [2.24, 2.45) is 0 Å². The van der Waals surface area contributed by atoms with Gasteiger partial charge in [-0.2, -0.15) is 0 Å². The number of hydrogen-bond donors (Lipinski definition) is 1. The maximum atomic E-state index is 11.1. The standard InChI is InChI=1S/C25H42O3/c1-2-3-4-5-6-7-8-9-10-11-12-13-14-16-21-24(22-25(26)27)28-23-19-17-15-18-20-23/h15,17-20,24H,2-14,16,21-22H2,1H3,(H,26,27). The Kier molecular flexibility index (Phi) is 15.4. The average Bonchev–Trinajstić information content (AvgIpc) is 2.68. The SMILES string of the molecule is CCCCCCCCCCCCCCCCC(CC(=O)O)Oc1ccccc1. The number of aliphatic carboxylic acids is 1. The van der Waals surface area contributed by atoms with Crippen molar-refractivity contribution < 1.29 is 14.6 Å². The van der Waals surface area contributed by atoms with Gasteiger partial charge in [-0.05, 0) is 25.0 Å². The molecule has 0 fully saturated rings. The number of benzene rings is 1. The van der Waals surface area contributed by atoms with Gasteiger partial charge in [0.2, 0.25) is 0 Å². The van der Waals surface area contributed by atoms with Crippen LogP contribution < -0.4 is 4.74 Å². The van der Waals surface area contributed by atoms with Gasteiger partial charge in [0.05, 0.1) is 6.42 Å². The van der Waals surface area contributed by atoms with Crippen LogP contribution in [0, 0.1) is 0 Å². The molecule has 1 atom stereocenters. The number of carbonyl (C=O) groups is 1. The van der Waals surface area contributed by atoms with Crippen molar-refractivity contribution in [3.05, 3.63) is 30.3 Å². The van der Waals surface area contributed by atoms with Crippen LogP contribution in [-0.4, -0.2) is 17.2 Å². The summed E-state index contributed by atoms with van der Waals surface area (Å²) in [5.74, 6) is -0.0228. The molecule has 1 unspecified atom stereocenters. The van der Waals surface area contributed by atoms with Gasteiger partial charge in [0, 0.05) is 0 Å². The Hall–Kier alpha value is -1.51. The van der Waals surface area contributed by atoms with E-state index in [1.807, 2.05) is 30.3 Å². The molecule has 1 aromatic carbocycles. The van der Waals surface area contributed by atoms with E-state index in [-0.39, 0.29) is 12.5 Å². The lowest BCUT2D eigenvalue weighted by atomic mass is 10.0. The summed E-state index contributed by atoms with van der Waals surface area (Å²) in [6, 6.07) is 9.55. The predicted molar refractivity (Wildman–Crippen MR) is 118 cm³/mol. The molecule has 28 heavy (non-hydrogen) atoms. The maximum absolute atomic E-state index is 11.1. The normalized spacial score (nSPS) is 12.0. The minimum Gasteiger partial charge on any atom is -0.490 e. The Morgan fingerprint density at radius 3 is 1.71 bits per heavy atom. The largest absolute Gasteiger partial charge is 0.490 e. The van der Waals surface area contributed by atoms with Crippen LogP contribution >= 0.6 is 0 Å². The first-order valence-electron chi connectivity index (χ1n) is 11.7. The van der Waals surface area contributed by atoms with E-state index in [2.05, 4.69) is 6.92 Å². The lowest BCUT2D eigenvalue weighted by molar-refractivity contribution is -0.138. The van der Waals surface area contributed by atoms with Gasteiger partial charge in [0.15, 0.2) is 0 Å². The summed E-state index contributed by atoms with van der Waals surface area (Å²) in [6.07, 6.45) is 19.3. The summed E-state index contributed by atoms with van der Waals surface area (Å²) in [5.41, 5.74) is 0. The molecule has 1 aromatic rings. The fourth-order valence-electron chi connectivity index (χ4n) is 3.66. The molecule has 0 amide bonds. The van der Waals surface area contributed by atoms with Gasteiger partial charge in [-0.1, -0.05) is 109 Å². The lowest BCUT2D eigenvalue weighted by Gasteiger charge is -2.17. The first-order valence-corrected chi connectivity index (χ1v) is 11.7. The topological polar surface area (TPSA) is 46.5 Å². The molecule has 3 nitrogen and oxygen atoms in total. The average molecular weight is 391 g/mol. The van der Waals surface area contributed by atoms with Crippen molar-refractivity contribution in [3.63, 3.8) is 0 Å². The number of carboxylic acids is 1. The van der Waals surface area contributed by atoms with E-state index < -0.39 is 5.97 Å². The fourth-order valence-corrected chi connectivity index (χ4v) is 3.66. The zero-order valence-corrected chi connectivity index (χ0v) is 18.0. The molecule has 0 heterocycles. The van der Waals surface area contributed by atoms with Gasteiger partial charge in [-0.3, -0.25) is 4.79 Å². The Labute approximate surface area is 172 Å². The Bertz CT molecular complexity index is 472. The second-order valence-electron chi connectivity index (χ2n) is 8.04. The summed E-state index contributed by atoms with van der Waals surface area (Å²) in [6.45, 7) is 2.27. The second kappa shape index (κ2) is 17.6. The van der Waals surface area contributed by atoms with Crippen LogP contribution in [0.4, 0.5) is 0 Å². The predicted octanol–water partition coefficient (Wildman–Crippen LogP) is 7.78. The van der Waals surface area contributed by atoms with Crippen molar-refractivity contribution >= 4 is 5.97 Å². The third kappa shape index (κ3) is 14.5. The van der Waals surface area contributed by atoms with E-state index in [0.717, 1.165) is 18.6 Å². The quantitative estimate of drug-likeness (QED) is 0.245. The van der Waals surface area contributed by atoms with E-state index in [9.17, 15) is 4.79 Å². The number of ether oxygens (including phenoxy) is 1. The first-order chi connectivity index (χ1) is 13.7. The minimum absolute atomic E-state index is 0.0767. The van der Waals surface area contributed by atoms with Crippen LogP contribution in [0.5, 0.6) is 5.75 Å². The Balaban J connectivity index is 1.97. The van der Waals surface area contributed by atoms with Crippen LogP contribution in [0.15, 0.2) is 30.3 Å². The smallest absolute Gasteiger partial charge is 0.307 e. The number of unbranched alkanes of at least 4 members (excludes halogenated alkanes) is 13. The number of rotatable bonds is 19. The summed E-state index contributed by atoms with van der Waals surface area (Å²) < 4.78 is 5.86.